The van der Waals surface area contributed by atoms with Crippen LogP contribution >= 0.6 is 0 Å². The van der Waals surface area contributed by atoms with Crippen molar-refractivity contribution in [2.24, 2.45) is 5.92 Å². The van der Waals surface area contributed by atoms with E-state index in [-0.39, 0.29) is 17.4 Å². The number of carbonyl (C=O) groups excluding carboxylic acids is 1. The van der Waals surface area contributed by atoms with Gasteiger partial charge in [0.05, 0.1) is 5.56 Å². The maximum Gasteiger partial charge on any atom is 0.416 e. The molecule has 0 spiro atoms. The lowest BCUT2D eigenvalue weighted by molar-refractivity contribution is -0.137. The van der Waals surface area contributed by atoms with E-state index in [4.69, 9.17) is 10.1 Å². The summed E-state index contributed by atoms with van der Waals surface area (Å²) in [4.78, 5) is 16.9. The van der Waals surface area contributed by atoms with Crippen molar-refractivity contribution < 1.29 is 27.9 Å². The van der Waals surface area contributed by atoms with Gasteiger partial charge in [-0.15, -0.1) is 0 Å². The number of hydrogen-bond acceptors (Lipinski definition) is 4. The molecule has 0 heterocycles. The van der Waals surface area contributed by atoms with Crippen LogP contribution in [0.5, 0.6) is 5.75 Å². The molecule has 1 amide bonds. The molecule has 2 N–H and O–H groups in total. The molecule has 0 aliphatic heterocycles. The molecule has 1 aliphatic rings. The van der Waals surface area contributed by atoms with Crippen molar-refractivity contribution in [2.45, 2.75) is 38.3 Å². The molecule has 1 aromatic rings. The molecule has 0 aromatic heterocycles. The SMILES string of the molecule is N#C/C(C(=O)NOc1ccc(C(F)(F)F)cc1)=C(\O)C1CCCCC1. The van der Waals surface area contributed by atoms with Crippen LogP contribution in [0.3, 0.4) is 0 Å². The van der Waals surface area contributed by atoms with Crippen molar-refractivity contribution >= 4 is 5.91 Å². The fraction of sp³-hybridized carbons (Fsp3) is 0.412. The van der Waals surface area contributed by atoms with Crippen LogP contribution in [0, 0.1) is 17.2 Å². The average Bonchev–Trinajstić information content (AvgIpc) is 2.61. The predicted molar refractivity (Wildman–Crippen MR) is 82.1 cm³/mol. The summed E-state index contributed by atoms with van der Waals surface area (Å²) < 4.78 is 37.4. The van der Waals surface area contributed by atoms with Crippen molar-refractivity contribution in [3.05, 3.63) is 41.2 Å². The maximum atomic E-state index is 12.5. The van der Waals surface area contributed by atoms with Crippen LogP contribution in [0.15, 0.2) is 35.6 Å². The number of carbonyl (C=O) groups is 1. The quantitative estimate of drug-likeness (QED) is 0.370. The molecule has 134 valence electrons. The van der Waals surface area contributed by atoms with Gasteiger partial charge in [-0.05, 0) is 37.1 Å². The molecular weight excluding hydrogens is 337 g/mol. The minimum absolute atomic E-state index is 0.0317. The summed E-state index contributed by atoms with van der Waals surface area (Å²) >= 11 is 0. The summed E-state index contributed by atoms with van der Waals surface area (Å²) in [5, 5.41) is 19.3. The summed E-state index contributed by atoms with van der Waals surface area (Å²) in [5.74, 6) is -1.47. The van der Waals surface area contributed by atoms with E-state index in [0.29, 0.717) is 12.8 Å². The van der Waals surface area contributed by atoms with E-state index >= 15 is 0 Å². The number of halogens is 3. The molecule has 0 bridgehead atoms. The lowest BCUT2D eigenvalue weighted by Crippen LogP contribution is -2.29. The van der Waals surface area contributed by atoms with E-state index in [1.807, 2.05) is 5.48 Å². The number of aliphatic hydroxyl groups excluding tert-OH is 1. The van der Waals surface area contributed by atoms with E-state index in [9.17, 15) is 23.1 Å². The fourth-order valence-corrected chi connectivity index (χ4v) is 2.67. The molecule has 0 unspecified atom stereocenters. The van der Waals surface area contributed by atoms with Crippen LogP contribution in [0.25, 0.3) is 0 Å². The zero-order valence-corrected chi connectivity index (χ0v) is 13.3. The molecule has 5 nitrogen and oxygen atoms in total. The molecule has 1 aromatic carbocycles. The number of amides is 1. The summed E-state index contributed by atoms with van der Waals surface area (Å²) in [5.41, 5.74) is 0.674. The normalized spacial score (nSPS) is 16.6. The monoisotopic (exact) mass is 354 g/mol. The first-order valence-corrected chi connectivity index (χ1v) is 7.80. The Balaban J connectivity index is 2.01. The van der Waals surface area contributed by atoms with Gasteiger partial charge in [-0.1, -0.05) is 19.3 Å². The minimum Gasteiger partial charge on any atom is -0.510 e. The highest BCUT2D eigenvalue weighted by molar-refractivity contribution is 5.97. The maximum absolute atomic E-state index is 12.5. The molecular formula is C17H17F3N2O3. The Hall–Kier alpha value is -2.69. The third-order valence-corrected chi connectivity index (χ3v) is 4.03. The molecule has 1 fully saturated rings. The number of benzene rings is 1. The molecule has 0 atom stereocenters. The minimum atomic E-state index is -4.47. The van der Waals surface area contributed by atoms with Crippen LogP contribution in [0.2, 0.25) is 0 Å². The van der Waals surface area contributed by atoms with Gasteiger partial charge in [0.25, 0.3) is 5.91 Å². The first kappa shape index (κ1) is 18.6. The van der Waals surface area contributed by atoms with Gasteiger partial charge >= 0.3 is 6.18 Å². The number of nitrogens with one attached hydrogen (secondary N) is 1. The molecule has 25 heavy (non-hydrogen) atoms. The Bertz CT molecular complexity index is 685. The van der Waals surface area contributed by atoms with Crippen molar-refractivity contribution in [3.63, 3.8) is 0 Å². The fourth-order valence-electron chi connectivity index (χ4n) is 2.67. The summed E-state index contributed by atoms with van der Waals surface area (Å²) in [7, 11) is 0. The third kappa shape index (κ3) is 4.89. The van der Waals surface area contributed by atoms with E-state index in [2.05, 4.69) is 0 Å². The van der Waals surface area contributed by atoms with E-state index < -0.39 is 23.2 Å². The number of hydroxylamine groups is 1. The smallest absolute Gasteiger partial charge is 0.416 e. The third-order valence-electron chi connectivity index (χ3n) is 4.03. The second-order valence-electron chi connectivity index (χ2n) is 5.76. The topological polar surface area (TPSA) is 82.4 Å². The highest BCUT2D eigenvalue weighted by Gasteiger charge is 2.30. The van der Waals surface area contributed by atoms with Gasteiger partial charge in [0.15, 0.2) is 11.3 Å². The van der Waals surface area contributed by atoms with Crippen LogP contribution in [-0.2, 0) is 11.0 Å². The van der Waals surface area contributed by atoms with Gasteiger partial charge in [-0.3, -0.25) is 4.79 Å². The molecule has 1 saturated carbocycles. The van der Waals surface area contributed by atoms with Gasteiger partial charge in [0, 0.05) is 5.92 Å². The number of nitriles is 1. The van der Waals surface area contributed by atoms with Crippen LogP contribution in [-0.4, -0.2) is 11.0 Å². The molecule has 0 radical (unpaired) electrons. The van der Waals surface area contributed by atoms with Crippen molar-refractivity contribution in [1.29, 1.82) is 5.26 Å². The average molecular weight is 354 g/mol. The van der Waals surface area contributed by atoms with E-state index in [1.165, 1.54) is 0 Å². The Morgan fingerprint density at radius 2 is 1.80 bits per heavy atom. The first-order chi connectivity index (χ1) is 11.8. The second kappa shape index (κ2) is 7.92. The van der Waals surface area contributed by atoms with E-state index in [0.717, 1.165) is 43.5 Å². The van der Waals surface area contributed by atoms with Crippen molar-refractivity contribution in [1.82, 2.24) is 5.48 Å². The number of aliphatic hydroxyl groups is 1. The highest BCUT2D eigenvalue weighted by atomic mass is 19.4. The Labute approximate surface area is 142 Å². The Morgan fingerprint density at radius 1 is 1.20 bits per heavy atom. The van der Waals surface area contributed by atoms with Gasteiger partial charge < -0.3 is 9.94 Å². The number of nitrogens with zero attached hydrogens (tertiary/aromatic N) is 1. The first-order valence-electron chi connectivity index (χ1n) is 7.80. The molecule has 1 aliphatic carbocycles. The van der Waals surface area contributed by atoms with E-state index in [1.54, 1.807) is 6.07 Å². The largest absolute Gasteiger partial charge is 0.510 e. The Morgan fingerprint density at radius 3 is 2.32 bits per heavy atom. The highest BCUT2D eigenvalue weighted by Crippen LogP contribution is 2.31. The Kier molecular flexibility index (Phi) is 5.91. The van der Waals surface area contributed by atoms with Gasteiger partial charge in [0.2, 0.25) is 0 Å². The standard InChI is InChI=1S/C17H17F3N2O3/c18-17(19,20)12-6-8-13(9-7-12)25-22-16(24)14(10-21)15(23)11-4-2-1-3-5-11/h6-9,11,23H,1-5H2,(H,22,24)/b15-14+. The number of allylic oxidation sites excluding steroid dienone is 1. The molecule has 2 rings (SSSR count). The zero-order chi connectivity index (χ0) is 18.4. The lowest BCUT2D eigenvalue weighted by atomic mass is 9.86. The lowest BCUT2D eigenvalue weighted by Gasteiger charge is -2.21. The second-order valence-corrected chi connectivity index (χ2v) is 5.76. The molecule has 0 saturated heterocycles. The zero-order valence-electron chi connectivity index (χ0n) is 13.3. The predicted octanol–water partition coefficient (Wildman–Crippen LogP) is 4.03. The summed E-state index contributed by atoms with van der Waals surface area (Å²) in [6, 6.07) is 5.35. The molecule has 8 heteroatoms. The van der Waals surface area contributed by atoms with Crippen LogP contribution < -0.4 is 10.3 Å². The summed E-state index contributed by atoms with van der Waals surface area (Å²) in [6.45, 7) is 0. The van der Waals surface area contributed by atoms with Crippen LogP contribution in [0.1, 0.15) is 37.7 Å². The number of hydrogen-bond donors (Lipinski definition) is 2. The van der Waals surface area contributed by atoms with Gasteiger partial charge in [0.1, 0.15) is 11.8 Å². The number of alkyl halides is 3. The van der Waals surface area contributed by atoms with Gasteiger partial charge in [-0.25, -0.2) is 0 Å². The summed E-state index contributed by atoms with van der Waals surface area (Å²) in [6.07, 6.45) is -0.193. The number of rotatable bonds is 4. The van der Waals surface area contributed by atoms with Crippen molar-refractivity contribution in [2.75, 3.05) is 0 Å². The van der Waals surface area contributed by atoms with Crippen LogP contribution in [0.4, 0.5) is 13.2 Å². The van der Waals surface area contributed by atoms with Gasteiger partial charge in [-0.2, -0.15) is 23.9 Å². The van der Waals surface area contributed by atoms with Crippen molar-refractivity contribution in [3.8, 4) is 11.8 Å².